The Kier molecular flexibility index (Phi) is 5.94. The highest BCUT2D eigenvalue weighted by Gasteiger charge is 2.63. The predicted molar refractivity (Wildman–Crippen MR) is 45.3 cm³/mol. The first kappa shape index (κ1) is 18.3. The first-order chi connectivity index (χ1) is 8.31. The van der Waals surface area contributed by atoms with Crippen molar-refractivity contribution < 1.29 is 43.9 Å². The molecule has 0 N–H and O–H groups in total. The van der Waals surface area contributed by atoms with Crippen LogP contribution in [0.2, 0.25) is 0 Å². The lowest BCUT2D eigenvalue weighted by Gasteiger charge is -2.30. The van der Waals surface area contributed by atoms with Gasteiger partial charge in [-0.25, -0.2) is 17.6 Å². The van der Waals surface area contributed by atoms with Crippen LogP contribution in [0, 0.1) is 0 Å². The molecule has 0 aromatic rings. The second kappa shape index (κ2) is 6.17. The first-order valence-electron chi connectivity index (χ1n) is 5.06. The maximum Gasteiger partial charge on any atom is 0.425 e. The summed E-state index contributed by atoms with van der Waals surface area (Å²) in [7, 11) is 0. The van der Waals surface area contributed by atoms with E-state index in [1.165, 1.54) is 0 Å². The Balaban J connectivity index is 4.64. The number of hydrogen-bond acceptors (Lipinski definition) is 0. The van der Waals surface area contributed by atoms with Crippen LogP contribution in [0.25, 0.3) is 0 Å². The molecule has 0 aromatic heterocycles. The molecule has 0 saturated carbocycles. The summed E-state index contributed by atoms with van der Waals surface area (Å²) in [6.45, 7) is 0. The predicted octanol–water partition coefficient (Wildman–Crippen LogP) is 4.98. The van der Waals surface area contributed by atoms with E-state index >= 15 is 0 Å². The van der Waals surface area contributed by atoms with Crippen molar-refractivity contribution >= 4 is 0 Å². The summed E-state index contributed by atoms with van der Waals surface area (Å²) >= 11 is 0. The summed E-state index contributed by atoms with van der Waals surface area (Å²) in [4.78, 5) is 0. The fraction of sp³-hybridized carbons (Fsp3) is 1.00. The van der Waals surface area contributed by atoms with E-state index < -0.39 is 56.3 Å². The number of unbranched alkanes of at least 4 members (excludes halogenated alkanes) is 1. The second-order valence-corrected chi connectivity index (χ2v) is 3.92. The molecule has 2 atom stereocenters. The molecule has 0 fully saturated rings. The molecule has 0 rings (SSSR count). The van der Waals surface area contributed by atoms with Gasteiger partial charge in [-0.2, -0.15) is 26.3 Å². The van der Waals surface area contributed by atoms with Gasteiger partial charge in [-0.05, 0) is 19.3 Å². The molecular weight excluding hydrogens is 298 g/mol. The lowest BCUT2D eigenvalue weighted by molar-refractivity contribution is -0.265. The van der Waals surface area contributed by atoms with Gasteiger partial charge >= 0.3 is 12.4 Å². The van der Waals surface area contributed by atoms with Crippen LogP contribution in [0.1, 0.15) is 25.7 Å². The van der Waals surface area contributed by atoms with E-state index in [1.54, 1.807) is 0 Å². The minimum absolute atomic E-state index is 0.902. The standard InChI is InChI=1S/C9H10F10/c10-5(6(11)12)7(13,9(17,18)19)3-1-2-4-8(14,15)16/h5-6H,1-4H2. The van der Waals surface area contributed by atoms with Crippen LogP contribution in [0.15, 0.2) is 0 Å². The first-order valence-corrected chi connectivity index (χ1v) is 5.06. The van der Waals surface area contributed by atoms with E-state index in [1.807, 2.05) is 0 Å². The molecule has 0 amide bonds. The van der Waals surface area contributed by atoms with Crippen molar-refractivity contribution in [2.45, 2.75) is 56.3 Å². The Labute approximate surface area is 101 Å². The molecule has 0 aliphatic carbocycles. The van der Waals surface area contributed by atoms with E-state index in [4.69, 9.17) is 0 Å². The van der Waals surface area contributed by atoms with Crippen LogP contribution < -0.4 is 0 Å². The lowest BCUT2D eigenvalue weighted by atomic mass is 9.92. The highest BCUT2D eigenvalue weighted by Crippen LogP contribution is 2.44. The van der Waals surface area contributed by atoms with Gasteiger partial charge in [0.2, 0.25) is 11.8 Å². The third-order valence-corrected chi connectivity index (χ3v) is 2.38. The third kappa shape index (κ3) is 5.43. The Morgan fingerprint density at radius 3 is 1.42 bits per heavy atom. The fourth-order valence-corrected chi connectivity index (χ4v) is 1.34. The summed E-state index contributed by atoms with van der Waals surface area (Å²) in [5.41, 5.74) is -4.84. The van der Waals surface area contributed by atoms with E-state index in [0.29, 0.717) is 0 Å². The third-order valence-electron chi connectivity index (χ3n) is 2.38. The quantitative estimate of drug-likeness (QED) is 0.479. The zero-order chi connectivity index (χ0) is 15.5. The summed E-state index contributed by atoms with van der Waals surface area (Å²) in [5, 5.41) is 0. The summed E-state index contributed by atoms with van der Waals surface area (Å²) in [6.07, 6.45) is -24.1. The molecule has 0 nitrogen and oxygen atoms in total. The molecule has 0 radical (unpaired) electrons. The minimum atomic E-state index is -5.92. The molecule has 19 heavy (non-hydrogen) atoms. The fourth-order valence-electron chi connectivity index (χ4n) is 1.34. The Morgan fingerprint density at radius 1 is 0.684 bits per heavy atom. The van der Waals surface area contributed by atoms with Crippen molar-refractivity contribution in [2.24, 2.45) is 0 Å². The van der Waals surface area contributed by atoms with E-state index in [2.05, 4.69) is 0 Å². The Morgan fingerprint density at radius 2 is 1.11 bits per heavy atom. The van der Waals surface area contributed by atoms with Gasteiger partial charge in [-0.1, -0.05) is 0 Å². The Hall–Kier alpha value is -0.700. The topological polar surface area (TPSA) is 0 Å². The summed E-state index contributed by atoms with van der Waals surface area (Å²) < 4.78 is 121. The van der Waals surface area contributed by atoms with Gasteiger partial charge in [-0.3, -0.25) is 0 Å². The van der Waals surface area contributed by atoms with Crippen LogP contribution >= 0.6 is 0 Å². The smallest absolute Gasteiger partial charge is 0.237 e. The van der Waals surface area contributed by atoms with Crippen molar-refractivity contribution in [1.29, 1.82) is 0 Å². The minimum Gasteiger partial charge on any atom is -0.237 e. The lowest BCUT2D eigenvalue weighted by Crippen LogP contribution is -2.51. The van der Waals surface area contributed by atoms with Crippen molar-refractivity contribution in [3.8, 4) is 0 Å². The summed E-state index contributed by atoms with van der Waals surface area (Å²) in [5.74, 6) is 0. The molecule has 10 heteroatoms. The molecule has 0 aliphatic rings. The average molecular weight is 308 g/mol. The van der Waals surface area contributed by atoms with Crippen molar-refractivity contribution in [1.82, 2.24) is 0 Å². The molecule has 0 aromatic carbocycles. The molecule has 0 aliphatic heterocycles. The molecule has 0 bridgehead atoms. The van der Waals surface area contributed by atoms with Gasteiger partial charge in [-0.15, -0.1) is 0 Å². The molecule has 116 valence electrons. The van der Waals surface area contributed by atoms with Crippen LogP contribution in [-0.2, 0) is 0 Å². The Bertz CT molecular complexity index is 267. The van der Waals surface area contributed by atoms with Gasteiger partial charge in [0.25, 0.3) is 6.43 Å². The van der Waals surface area contributed by atoms with Gasteiger partial charge < -0.3 is 0 Å². The summed E-state index contributed by atoms with van der Waals surface area (Å²) in [6, 6.07) is 0. The van der Waals surface area contributed by atoms with Crippen LogP contribution in [0.5, 0.6) is 0 Å². The number of rotatable bonds is 6. The molecule has 0 heterocycles. The highest BCUT2D eigenvalue weighted by molar-refractivity contribution is 4.95. The average Bonchev–Trinajstić information content (AvgIpc) is 2.19. The van der Waals surface area contributed by atoms with Crippen molar-refractivity contribution in [3.05, 3.63) is 0 Å². The maximum absolute atomic E-state index is 13.3. The van der Waals surface area contributed by atoms with E-state index in [9.17, 15) is 43.9 Å². The maximum atomic E-state index is 13.3. The van der Waals surface area contributed by atoms with Gasteiger partial charge in [0.15, 0.2) is 0 Å². The highest BCUT2D eigenvalue weighted by atomic mass is 19.4. The van der Waals surface area contributed by atoms with Crippen molar-refractivity contribution in [2.75, 3.05) is 0 Å². The SMILES string of the molecule is FC(F)C(F)C(F)(CCCCC(F)(F)F)C(F)(F)F. The number of alkyl halides is 10. The van der Waals surface area contributed by atoms with Gasteiger partial charge in [0.1, 0.15) is 0 Å². The molecular formula is C9H10F10. The van der Waals surface area contributed by atoms with Crippen LogP contribution in [0.4, 0.5) is 43.9 Å². The van der Waals surface area contributed by atoms with Gasteiger partial charge in [0.05, 0.1) is 0 Å². The zero-order valence-corrected chi connectivity index (χ0v) is 9.26. The van der Waals surface area contributed by atoms with E-state index in [-0.39, 0.29) is 0 Å². The molecule has 2 unspecified atom stereocenters. The van der Waals surface area contributed by atoms with Gasteiger partial charge in [0, 0.05) is 6.42 Å². The van der Waals surface area contributed by atoms with E-state index in [0.717, 1.165) is 0 Å². The number of halogens is 10. The normalized spacial score (nSPS) is 18.5. The second-order valence-electron chi connectivity index (χ2n) is 3.92. The van der Waals surface area contributed by atoms with Crippen LogP contribution in [-0.4, -0.2) is 30.6 Å². The monoisotopic (exact) mass is 308 g/mol. The number of hydrogen-bond donors (Lipinski definition) is 0. The van der Waals surface area contributed by atoms with Crippen molar-refractivity contribution in [3.63, 3.8) is 0 Å². The largest absolute Gasteiger partial charge is 0.425 e. The zero-order valence-electron chi connectivity index (χ0n) is 9.26. The van der Waals surface area contributed by atoms with Crippen LogP contribution in [0.3, 0.4) is 0 Å². The molecule has 0 saturated heterocycles. The molecule has 0 spiro atoms.